The number of halogens is 1. The predicted molar refractivity (Wildman–Crippen MR) is 253 cm³/mol. The Labute approximate surface area is 387 Å². The summed E-state index contributed by atoms with van der Waals surface area (Å²) < 4.78 is 10.7. The molecule has 3 heterocycles. The highest BCUT2D eigenvalue weighted by Crippen LogP contribution is 2.34. The van der Waals surface area contributed by atoms with Gasteiger partial charge in [-0.15, -0.1) is 0 Å². The first kappa shape index (κ1) is 47.5. The summed E-state index contributed by atoms with van der Waals surface area (Å²) in [4.78, 5) is 90.6. The highest BCUT2D eigenvalue weighted by atomic mass is 35.5. The molecule has 4 N–H and O–H groups in total. The van der Waals surface area contributed by atoms with Crippen LogP contribution in [0.5, 0.6) is 11.5 Å². The van der Waals surface area contributed by atoms with Crippen molar-refractivity contribution < 1.29 is 33.4 Å². The normalized spacial score (nSPS) is 15.1. The van der Waals surface area contributed by atoms with Gasteiger partial charge in [0.25, 0.3) is 11.8 Å². The number of methoxy groups -OCH3 is 2. The molecule has 2 fully saturated rings. The number of rotatable bonds is 20. The Bertz CT molecular complexity index is 2590. The fourth-order valence-electron chi connectivity index (χ4n) is 8.36. The lowest BCUT2D eigenvalue weighted by molar-refractivity contribution is -0.116. The van der Waals surface area contributed by atoms with E-state index in [4.69, 9.17) is 21.1 Å². The molecule has 7 rings (SSSR count). The van der Waals surface area contributed by atoms with Crippen molar-refractivity contribution in [2.75, 3.05) is 64.1 Å². The van der Waals surface area contributed by atoms with Gasteiger partial charge in [0.1, 0.15) is 11.5 Å². The van der Waals surface area contributed by atoms with Crippen LogP contribution in [-0.2, 0) is 4.79 Å². The number of benzene rings is 4. The van der Waals surface area contributed by atoms with Crippen molar-refractivity contribution in [2.24, 2.45) is 10.2 Å². The number of azo groups is 1. The van der Waals surface area contributed by atoms with Crippen LogP contribution < -0.4 is 25.8 Å². The van der Waals surface area contributed by atoms with Crippen LogP contribution in [0.2, 0.25) is 5.02 Å². The molecular formula is C49H55ClN8O8. The van der Waals surface area contributed by atoms with E-state index in [0.29, 0.717) is 53.5 Å². The Morgan fingerprint density at radius 3 is 1.85 bits per heavy atom. The first-order valence-electron chi connectivity index (χ1n) is 22.4. The number of H-pyrrole nitrogens is 2. The van der Waals surface area contributed by atoms with Crippen LogP contribution in [-0.4, -0.2) is 108 Å². The number of carbonyl (C=O) groups excluding carboxylic acids is 5. The van der Waals surface area contributed by atoms with E-state index in [1.54, 1.807) is 30.3 Å². The van der Waals surface area contributed by atoms with Crippen LogP contribution >= 0.6 is 11.6 Å². The minimum Gasteiger partial charge on any atom is -0.496 e. The van der Waals surface area contributed by atoms with Gasteiger partial charge in [-0.3, -0.25) is 24.0 Å². The molecule has 346 valence electrons. The highest BCUT2D eigenvalue weighted by molar-refractivity contribution is 6.32. The Morgan fingerprint density at radius 1 is 0.667 bits per heavy atom. The van der Waals surface area contributed by atoms with E-state index in [1.807, 2.05) is 0 Å². The Morgan fingerprint density at radius 2 is 1.26 bits per heavy atom. The molecule has 5 aromatic rings. The number of imidazole rings is 1. The van der Waals surface area contributed by atoms with E-state index in [1.165, 1.54) is 95.2 Å². The Balaban J connectivity index is 1.08. The van der Waals surface area contributed by atoms with Crippen LogP contribution in [0.1, 0.15) is 106 Å². The van der Waals surface area contributed by atoms with Crippen molar-refractivity contribution in [1.29, 1.82) is 0 Å². The molecule has 2 saturated heterocycles. The van der Waals surface area contributed by atoms with E-state index in [0.717, 1.165) is 39.3 Å². The maximum Gasteiger partial charge on any atom is 0.323 e. The number of Topliss-reactive ketones (excluding diaryl/α,β-unsaturated/α-hetero) is 3. The third-order valence-corrected chi connectivity index (χ3v) is 12.2. The van der Waals surface area contributed by atoms with Gasteiger partial charge in [-0.05, 0) is 145 Å². The zero-order valence-electron chi connectivity index (χ0n) is 37.3. The molecule has 1 aromatic heterocycles. The molecule has 0 spiro atoms. The van der Waals surface area contributed by atoms with Crippen LogP contribution in [0.15, 0.2) is 87.8 Å². The van der Waals surface area contributed by atoms with Crippen LogP contribution in [0.3, 0.4) is 0 Å². The Hall–Kier alpha value is -6.49. The molecule has 0 saturated carbocycles. The van der Waals surface area contributed by atoms with Crippen molar-refractivity contribution in [3.05, 3.63) is 111 Å². The van der Waals surface area contributed by atoms with Gasteiger partial charge in [-0.2, -0.15) is 10.2 Å². The number of carbonyl (C=O) groups is 5. The predicted octanol–water partition coefficient (Wildman–Crippen LogP) is 8.65. The zero-order valence-corrected chi connectivity index (χ0v) is 38.0. The number of aromatic amines is 2. The summed E-state index contributed by atoms with van der Waals surface area (Å²) in [6, 6.07) is 16.6. The second kappa shape index (κ2) is 22.6. The van der Waals surface area contributed by atoms with E-state index in [9.17, 15) is 28.8 Å². The maximum absolute atomic E-state index is 14.1. The summed E-state index contributed by atoms with van der Waals surface area (Å²) in [5, 5.41) is 14.1. The van der Waals surface area contributed by atoms with Gasteiger partial charge in [-0.1, -0.05) is 24.4 Å². The lowest BCUT2D eigenvalue weighted by atomic mass is 9.98. The summed E-state index contributed by atoms with van der Waals surface area (Å²) in [6.45, 7) is 5.85. The zero-order chi connectivity index (χ0) is 46.6. The molecule has 17 heteroatoms. The molecule has 2 aliphatic heterocycles. The van der Waals surface area contributed by atoms with Crippen LogP contribution in [0.25, 0.3) is 11.0 Å². The van der Waals surface area contributed by atoms with Crippen LogP contribution in [0.4, 0.5) is 17.1 Å². The second-order valence-electron chi connectivity index (χ2n) is 16.7. The van der Waals surface area contributed by atoms with Gasteiger partial charge in [0.2, 0.25) is 11.8 Å². The average molecular weight is 919 g/mol. The summed E-state index contributed by atoms with van der Waals surface area (Å²) in [5.74, 6) is -2.04. The number of hydrogen-bond acceptors (Lipinski definition) is 12. The summed E-state index contributed by atoms with van der Waals surface area (Å²) >= 11 is 6.30. The molecule has 1 atom stereocenters. The number of anilines is 2. The first-order chi connectivity index (χ1) is 32.0. The summed E-state index contributed by atoms with van der Waals surface area (Å²) in [7, 11) is 2.73. The molecule has 0 aliphatic carbocycles. The lowest BCUT2D eigenvalue weighted by Crippen LogP contribution is -2.33. The van der Waals surface area contributed by atoms with Gasteiger partial charge >= 0.3 is 5.69 Å². The number of fused-ring (bicyclic) bond motifs is 1. The maximum atomic E-state index is 14.1. The van der Waals surface area contributed by atoms with Crippen molar-refractivity contribution in [1.82, 2.24) is 19.8 Å². The molecule has 2 aliphatic rings. The highest BCUT2D eigenvalue weighted by Gasteiger charge is 2.31. The largest absolute Gasteiger partial charge is 0.496 e. The number of nitrogens with one attached hydrogen (secondary N) is 4. The number of nitrogens with zero attached hydrogens (tertiary/aromatic N) is 4. The molecule has 16 nitrogen and oxygen atoms in total. The van der Waals surface area contributed by atoms with Gasteiger partial charge in [-0.25, -0.2) is 4.79 Å². The van der Waals surface area contributed by atoms with E-state index >= 15 is 0 Å². The van der Waals surface area contributed by atoms with Crippen molar-refractivity contribution in [3.8, 4) is 11.5 Å². The monoisotopic (exact) mass is 918 g/mol. The number of hydrogen-bond donors (Lipinski definition) is 4. The quantitative estimate of drug-likeness (QED) is 0.0332. The lowest BCUT2D eigenvalue weighted by Gasteiger charge is -2.26. The first-order valence-corrected chi connectivity index (χ1v) is 22.8. The molecule has 66 heavy (non-hydrogen) atoms. The molecule has 0 radical (unpaired) electrons. The number of ketones is 3. The average Bonchev–Trinajstić information content (AvgIpc) is 3.71. The van der Waals surface area contributed by atoms with Crippen molar-refractivity contribution >= 4 is 68.9 Å². The minimum atomic E-state index is -1.74. The van der Waals surface area contributed by atoms with E-state index in [2.05, 4.69) is 40.6 Å². The number of amides is 2. The SMILES string of the molecule is COc1cc(C(=O)C(N=Nc2ccc(C(=O)Nc3cc(C(=O)CCCN4CCCCC4)cc(C(=O)CCCN4CCCCC4)c3)cc2)C(=O)Nc2ccc3[nH]c(=O)[nH]c3c2)c(OC)cc1Cl. The van der Waals surface area contributed by atoms with E-state index in [-0.39, 0.29) is 50.6 Å². The van der Waals surface area contributed by atoms with Gasteiger partial charge in [0.15, 0.2) is 11.6 Å². The van der Waals surface area contributed by atoms with Crippen molar-refractivity contribution in [3.63, 3.8) is 0 Å². The topological polar surface area (TPSA) is 208 Å². The summed E-state index contributed by atoms with van der Waals surface area (Å²) in [6.07, 6.45) is 9.21. The fraction of sp³-hybridized carbons (Fsp3) is 0.388. The van der Waals surface area contributed by atoms with Crippen molar-refractivity contribution in [2.45, 2.75) is 70.3 Å². The van der Waals surface area contributed by atoms with Gasteiger partial charge < -0.3 is 39.9 Å². The molecular weight excluding hydrogens is 864 g/mol. The van der Waals surface area contributed by atoms with E-state index < -0.39 is 29.3 Å². The minimum absolute atomic E-state index is 0.0409. The molecule has 1 unspecified atom stereocenters. The number of ether oxygens (including phenoxy) is 2. The Kier molecular flexibility index (Phi) is 16.3. The number of aromatic nitrogens is 2. The smallest absolute Gasteiger partial charge is 0.323 e. The van der Waals surface area contributed by atoms with Gasteiger partial charge in [0, 0.05) is 47.0 Å². The molecule has 4 aromatic carbocycles. The standard InChI is InChI=1S/C49H55ClN8O8/c1-65-43-30-38(50)44(66-2)29-37(43)46(61)45(48(63)51-35-17-18-39-40(28-35)54-49(64)53-39)56-55-34-15-13-31(14-16-34)47(62)52-36-26-32(41(59)11-9-23-57-19-5-3-6-20-57)25-33(27-36)42(60)12-10-24-58-21-7-4-8-22-58/h13-18,25-30,45H,3-12,19-24H2,1-2H3,(H,51,63)(H,52,62)(H2,53,54,64). The van der Waals surface area contributed by atoms with Crippen LogP contribution in [0, 0.1) is 0 Å². The van der Waals surface area contributed by atoms with Gasteiger partial charge in [0.05, 0.1) is 41.5 Å². The number of piperidine rings is 2. The molecule has 0 bridgehead atoms. The third kappa shape index (κ3) is 12.4. The number of likely N-dealkylation sites (tertiary alicyclic amines) is 2. The fourth-order valence-corrected chi connectivity index (χ4v) is 8.59. The summed E-state index contributed by atoms with van der Waals surface area (Å²) in [5.41, 5.74) is 2.31. The second-order valence-corrected chi connectivity index (χ2v) is 17.1. The third-order valence-electron chi connectivity index (χ3n) is 11.9. The molecule has 2 amide bonds.